The van der Waals surface area contributed by atoms with Crippen molar-refractivity contribution in [2.75, 3.05) is 0 Å². The highest BCUT2D eigenvalue weighted by molar-refractivity contribution is 6.04. The second-order valence-corrected chi connectivity index (χ2v) is 12.5. The highest BCUT2D eigenvalue weighted by Gasteiger charge is 2.39. The van der Waals surface area contributed by atoms with Gasteiger partial charge in [0.15, 0.2) is 0 Å². The molecule has 0 bridgehead atoms. The van der Waals surface area contributed by atoms with Crippen LogP contribution in [-0.2, 0) is 5.41 Å². The summed E-state index contributed by atoms with van der Waals surface area (Å²) < 4.78 is 0. The monoisotopic (exact) mass is 575 g/mol. The predicted molar refractivity (Wildman–Crippen MR) is 186 cm³/mol. The van der Waals surface area contributed by atoms with Crippen LogP contribution in [0.3, 0.4) is 0 Å². The van der Waals surface area contributed by atoms with Gasteiger partial charge in [-0.25, -0.2) is 9.97 Å². The van der Waals surface area contributed by atoms with E-state index in [9.17, 15) is 0 Å². The lowest BCUT2D eigenvalue weighted by Gasteiger charge is -2.25. The molecular weight excluding hydrogens is 546 g/mol. The minimum atomic E-state index is -0.154. The summed E-state index contributed by atoms with van der Waals surface area (Å²) in [7, 11) is 0. The molecule has 0 fully saturated rings. The first-order chi connectivity index (χ1) is 22.1. The largest absolute Gasteiger partial charge is 0.254 e. The zero-order valence-electron chi connectivity index (χ0n) is 25.1. The van der Waals surface area contributed by atoms with Crippen molar-refractivity contribution in [2.45, 2.75) is 19.3 Å². The fourth-order valence-electron chi connectivity index (χ4n) is 7.26. The lowest BCUT2D eigenvalue weighted by molar-refractivity contribution is 0.662. The molecule has 1 aliphatic carbocycles. The summed E-state index contributed by atoms with van der Waals surface area (Å²) in [4.78, 5) is 14.9. The number of rotatable bonds is 3. The molecule has 0 saturated carbocycles. The molecule has 0 spiro atoms. The summed E-state index contributed by atoms with van der Waals surface area (Å²) in [5, 5.41) is 3.39. The van der Waals surface area contributed by atoms with Crippen molar-refractivity contribution in [3.63, 3.8) is 0 Å². The summed E-state index contributed by atoms with van der Waals surface area (Å²) in [5.41, 5.74) is 14.6. The van der Waals surface area contributed by atoms with E-state index in [1.165, 1.54) is 38.8 Å². The molecule has 0 unspecified atom stereocenters. The van der Waals surface area contributed by atoms with E-state index in [1.54, 1.807) is 0 Å². The maximum Gasteiger partial charge on any atom is 0.0972 e. The molecule has 0 amide bonds. The third kappa shape index (κ3) is 3.94. The number of pyridine rings is 3. The van der Waals surface area contributed by atoms with Crippen molar-refractivity contribution in [3.8, 4) is 44.8 Å². The third-order valence-corrected chi connectivity index (χ3v) is 9.47. The van der Waals surface area contributed by atoms with E-state index < -0.39 is 0 Å². The quantitative estimate of drug-likeness (QED) is 0.197. The smallest absolute Gasteiger partial charge is 0.0972 e. The minimum absolute atomic E-state index is 0.154. The molecule has 0 N–H and O–H groups in total. The number of fused-ring (bicyclic) bond motifs is 7. The molecule has 0 atom stereocenters. The Labute approximate surface area is 261 Å². The molecule has 3 heteroatoms. The van der Waals surface area contributed by atoms with Gasteiger partial charge in [0.2, 0.25) is 0 Å². The summed E-state index contributed by atoms with van der Waals surface area (Å²) in [5.74, 6) is 0. The van der Waals surface area contributed by atoms with E-state index >= 15 is 0 Å². The van der Waals surface area contributed by atoms with Gasteiger partial charge in [0.05, 0.1) is 27.9 Å². The first-order valence-corrected chi connectivity index (χ1v) is 15.5. The molecule has 45 heavy (non-hydrogen) atoms. The van der Waals surface area contributed by atoms with Gasteiger partial charge in [0.25, 0.3) is 0 Å². The van der Waals surface area contributed by atoms with E-state index in [0.717, 1.165) is 49.8 Å². The van der Waals surface area contributed by atoms with Crippen molar-refractivity contribution in [3.05, 3.63) is 151 Å². The second-order valence-electron chi connectivity index (χ2n) is 12.5. The number of para-hydroxylation sites is 1. The van der Waals surface area contributed by atoms with Gasteiger partial charge in [-0.2, -0.15) is 0 Å². The van der Waals surface area contributed by atoms with Gasteiger partial charge in [0.1, 0.15) is 0 Å². The van der Waals surface area contributed by atoms with Crippen LogP contribution >= 0.6 is 0 Å². The Morgan fingerprint density at radius 1 is 0.533 bits per heavy atom. The van der Waals surface area contributed by atoms with Gasteiger partial charge in [-0.05, 0) is 57.6 Å². The maximum atomic E-state index is 5.21. The van der Waals surface area contributed by atoms with Gasteiger partial charge in [-0.15, -0.1) is 0 Å². The van der Waals surface area contributed by atoms with Crippen LogP contribution in [0, 0.1) is 0 Å². The van der Waals surface area contributed by atoms with Gasteiger partial charge < -0.3 is 0 Å². The molecule has 3 heterocycles. The standard InChI is InChI=1S/C42H29N3/c1-42(2)34-14-5-3-12-32(34)41-38(42)37(33-13-4-6-15-36(33)45-41)27-18-16-26(17-19-27)30-9-7-10-31(25-30)35-23-22-29-21-20-28-11-8-24-43-39(28)40(29)44-35/h3-25H,1-2H3. The van der Waals surface area contributed by atoms with Gasteiger partial charge in [0, 0.05) is 38.9 Å². The molecule has 212 valence electrons. The lowest BCUT2D eigenvalue weighted by Crippen LogP contribution is -2.16. The average molecular weight is 576 g/mol. The van der Waals surface area contributed by atoms with Crippen LogP contribution in [0.1, 0.15) is 25.0 Å². The van der Waals surface area contributed by atoms with Crippen LogP contribution in [-0.4, -0.2) is 15.0 Å². The number of hydrogen-bond acceptors (Lipinski definition) is 3. The molecular formula is C42H29N3. The maximum absolute atomic E-state index is 5.21. The van der Waals surface area contributed by atoms with Crippen molar-refractivity contribution in [2.24, 2.45) is 0 Å². The van der Waals surface area contributed by atoms with E-state index in [2.05, 4.69) is 146 Å². The van der Waals surface area contributed by atoms with Crippen LogP contribution in [0.4, 0.5) is 0 Å². The van der Waals surface area contributed by atoms with E-state index in [0.29, 0.717) is 0 Å². The topological polar surface area (TPSA) is 38.7 Å². The zero-order chi connectivity index (χ0) is 30.1. The summed E-state index contributed by atoms with van der Waals surface area (Å²) in [6.45, 7) is 4.66. The second kappa shape index (κ2) is 9.67. The zero-order valence-corrected chi connectivity index (χ0v) is 25.1. The summed E-state index contributed by atoms with van der Waals surface area (Å²) in [6, 6.07) is 47.5. The predicted octanol–water partition coefficient (Wildman–Crippen LogP) is 10.6. The van der Waals surface area contributed by atoms with Crippen molar-refractivity contribution in [1.82, 2.24) is 15.0 Å². The molecule has 1 aliphatic rings. The number of nitrogens with zero attached hydrogens (tertiary/aromatic N) is 3. The average Bonchev–Trinajstić information content (AvgIpc) is 3.33. The van der Waals surface area contributed by atoms with Gasteiger partial charge in [-0.1, -0.05) is 123 Å². The fraction of sp³-hybridized carbons (Fsp3) is 0.0714. The Balaban J connectivity index is 1.15. The lowest BCUT2D eigenvalue weighted by atomic mass is 9.78. The van der Waals surface area contributed by atoms with E-state index in [-0.39, 0.29) is 5.41 Å². The first-order valence-electron chi connectivity index (χ1n) is 15.5. The Bertz CT molecular complexity index is 2460. The highest BCUT2D eigenvalue weighted by Crippen LogP contribution is 2.53. The fourth-order valence-corrected chi connectivity index (χ4v) is 7.26. The minimum Gasteiger partial charge on any atom is -0.254 e. The van der Waals surface area contributed by atoms with Crippen LogP contribution in [0.25, 0.3) is 77.5 Å². The first kappa shape index (κ1) is 25.8. The van der Waals surface area contributed by atoms with Crippen molar-refractivity contribution < 1.29 is 0 Å². The Hall–Kier alpha value is -5.67. The Morgan fingerprint density at radius 3 is 2.16 bits per heavy atom. The number of benzene rings is 5. The highest BCUT2D eigenvalue weighted by atomic mass is 14.8. The summed E-state index contributed by atoms with van der Waals surface area (Å²) in [6.07, 6.45) is 1.84. The van der Waals surface area contributed by atoms with Crippen LogP contribution in [0.2, 0.25) is 0 Å². The molecule has 5 aromatic carbocycles. The summed E-state index contributed by atoms with van der Waals surface area (Å²) >= 11 is 0. The SMILES string of the molecule is CC1(C)c2ccccc2-c2nc3ccccc3c(-c3ccc(-c4cccc(-c5ccc6ccc7cccnc7c6n5)c4)cc3)c21. The van der Waals surface area contributed by atoms with E-state index in [4.69, 9.17) is 9.97 Å². The normalized spacial score (nSPS) is 13.3. The third-order valence-electron chi connectivity index (χ3n) is 9.47. The molecule has 9 rings (SSSR count). The molecule has 0 aliphatic heterocycles. The van der Waals surface area contributed by atoms with E-state index in [1.807, 2.05) is 12.3 Å². The molecule has 0 radical (unpaired) electrons. The van der Waals surface area contributed by atoms with Crippen LogP contribution in [0.5, 0.6) is 0 Å². The van der Waals surface area contributed by atoms with Gasteiger partial charge >= 0.3 is 0 Å². The molecule has 3 aromatic heterocycles. The van der Waals surface area contributed by atoms with Crippen LogP contribution < -0.4 is 0 Å². The Morgan fingerprint density at radius 2 is 1.27 bits per heavy atom. The molecule has 8 aromatic rings. The van der Waals surface area contributed by atoms with Crippen molar-refractivity contribution >= 4 is 32.7 Å². The molecule has 0 saturated heterocycles. The molecule has 3 nitrogen and oxygen atoms in total. The van der Waals surface area contributed by atoms with Crippen LogP contribution in [0.15, 0.2) is 140 Å². The van der Waals surface area contributed by atoms with Gasteiger partial charge in [-0.3, -0.25) is 4.98 Å². The number of hydrogen-bond donors (Lipinski definition) is 0. The van der Waals surface area contributed by atoms with Crippen molar-refractivity contribution in [1.29, 1.82) is 0 Å². The Kier molecular flexibility index (Phi) is 5.54. The number of aromatic nitrogens is 3.